The van der Waals surface area contributed by atoms with Gasteiger partial charge in [-0.05, 0) is 31.5 Å². The average Bonchev–Trinajstić information content (AvgIpc) is 2.33. The highest BCUT2D eigenvalue weighted by Crippen LogP contribution is 2.29. The Balaban J connectivity index is 2.51. The Labute approximate surface area is 109 Å². The number of amides is 1. The van der Waals surface area contributed by atoms with Crippen LogP contribution in [0, 0.1) is 6.92 Å². The molecule has 1 aromatic heterocycles. The van der Waals surface area contributed by atoms with Gasteiger partial charge in [0.05, 0.1) is 18.0 Å². The molecule has 1 aromatic carbocycles. The number of nitrogens with one attached hydrogen (secondary N) is 1. The molecule has 1 amide bonds. The van der Waals surface area contributed by atoms with Gasteiger partial charge in [0, 0.05) is 11.5 Å². The lowest BCUT2D eigenvalue weighted by molar-refractivity contribution is 0.168. The Morgan fingerprint density at radius 1 is 1.47 bits per heavy atom. The monoisotopic (exact) mass is 262 g/mol. The minimum absolute atomic E-state index is 0.200. The van der Waals surface area contributed by atoms with Crippen LogP contribution in [0.1, 0.15) is 12.5 Å². The van der Waals surface area contributed by atoms with E-state index >= 15 is 0 Å². The molecule has 0 radical (unpaired) electrons. The summed E-state index contributed by atoms with van der Waals surface area (Å²) in [4.78, 5) is 22.7. The number of ether oxygens (including phenoxy) is 1. The maximum absolute atomic E-state index is 11.4. The first-order chi connectivity index (χ1) is 9.02. The molecule has 3 N–H and O–H groups in total. The van der Waals surface area contributed by atoms with Gasteiger partial charge < -0.3 is 14.9 Å². The number of benzene rings is 1. The zero-order chi connectivity index (χ0) is 14.0. The van der Waals surface area contributed by atoms with Crippen molar-refractivity contribution < 1.29 is 13.9 Å². The number of fused-ring (bicyclic) bond motifs is 1. The number of hydrogen-bond donors (Lipinski definition) is 2. The SMILES string of the molecule is CCOC(=O)Nc1ccc2c(C)cc(=O)oc2c1N. The van der Waals surface area contributed by atoms with Crippen molar-refractivity contribution in [1.29, 1.82) is 0 Å². The molecule has 0 saturated carbocycles. The fourth-order valence-corrected chi connectivity index (χ4v) is 1.79. The van der Waals surface area contributed by atoms with Crippen molar-refractivity contribution >= 4 is 28.4 Å². The lowest BCUT2D eigenvalue weighted by atomic mass is 10.1. The third-order valence-electron chi connectivity index (χ3n) is 2.67. The van der Waals surface area contributed by atoms with Gasteiger partial charge in [0.1, 0.15) is 0 Å². The van der Waals surface area contributed by atoms with Gasteiger partial charge in [0.15, 0.2) is 5.58 Å². The van der Waals surface area contributed by atoms with Gasteiger partial charge in [0.25, 0.3) is 0 Å². The van der Waals surface area contributed by atoms with Crippen molar-refractivity contribution in [2.45, 2.75) is 13.8 Å². The van der Waals surface area contributed by atoms with E-state index in [1.165, 1.54) is 6.07 Å². The Bertz CT molecular complexity index is 691. The van der Waals surface area contributed by atoms with Gasteiger partial charge in [-0.3, -0.25) is 5.32 Å². The van der Waals surface area contributed by atoms with Crippen molar-refractivity contribution in [3.63, 3.8) is 0 Å². The number of nitrogen functional groups attached to an aromatic ring is 1. The Hall–Kier alpha value is -2.50. The summed E-state index contributed by atoms with van der Waals surface area (Å²) in [6.07, 6.45) is -0.608. The molecule has 100 valence electrons. The van der Waals surface area contributed by atoms with Gasteiger partial charge >= 0.3 is 11.7 Å². The summed E-state index contributed by atoms with van der Waals surface area (Å²) >= 11 is 0. The van der Waals surface area contributed by atoms with Crippen molar-refractivity contribution in [2.75, 3.05) is 17.7 Å². The molecule has 0 fully saturated rings. The maximum atomic E-state index is 11.4. The third-order valence-corrected chi connectivity index (χ3v) is 2.67. The fraction of sp³-hybridized carbons (Fsp3) is 0.231. The molecule has 0 unspecified atom stereocenters. The van der Waals surface area contributed by atoms with Crippen LogP contribution >= 0.6 is 0 Å². The van der Waals surface area contributed by atoms with Crippen LogP contribution in [0.4, 0.5) is 16.2 Å². The predicted octanol–water partition coefficient (Wildman–Crippen LogP) is 2.25. The molecule has 19 heavy (non-hydrogen) atoms. The van der Waals surface area contributed by atoms with E-state index in [1.54, 1.807) is 26.0 Å². The molecular formula is C13H14N2O4. The zero-order valence-electron chi connectivity index (χ0n) is 10.6. The molecule has 6 nitrogen and oxygen atoms in total. The highest BCUT2D eigenvalue weighted by molar-refractivity contribution is 6.00. The molecule has 2 aromatic rings. The van der Waals surface area contributed by atoms with E-state index in [2.05, 4.69) is 5.32 Å². The topological polar surface area (TPSA) is 94.6 Å². The second-order valence-electron chi connectivity index (χ2n) is 4.00. The lowest BCUT2D eigenvalue weighted by Crippen LogP contribution is -2.14. The highest BCUT2D eigenvalue weighted by Gasteiger charge is 2.12. The molecule has 2 rings (SSSR count). The number of hydrogen-bond acceptors (Lipinski definition) is 5. The number of rotatable bonds is 2. The van der Waals surface area contributed by atoms with Gasteiger partial charge in [0.2, 0.25) is 0 Å². The first kappa shape index (κ1) is 12.9. The van der Waals surface area contributed by atoms with Gasteiger partial charge in [-0.1, -0.05) is 0 Å². The third kappa shape index (κ3) is 2.52. The second kappa shape index (κ2) is 5.01. The molecule has 0 bridgehead atoms. The van der Waals surface area contributed by atoms with Crippen molar-refractivity contribution in [3.05, 3.63) is 34.2 Å². The number of carbonyl (C=O) groups is 1. The minimum atomic E-state index is -0.608. The van der Waals surface area contributed by atoms with Gasteiger partial charge in [-0.15, -0.1) is 0 Å². The van der Waals surface area contributed by atoms with Crippen LogP contribution in [-0.2, 0) is 4.74 Å². The summed E-state index contributed by atoms with van der Waals surface area (Å²) in [6.45, 7) is 3.75. The second-order valence-corrected chi connectivity index (χ2v) is 4.00. The molecule has 0 atom stereocenters. The lowest BCUT2D eigenvalue weighted by Gasteiger charge is -2.10. The molecule has 0 saturated heterocycles. The van der Waals surface area contributed by atoms with Crippen LogP contribution in [0.3, 0.4) is 0 Å². The summed E-state index contributed by atoms with van der Waals surface area (Å²) in [7, 11) is 0. The first-order valence-electron chi connectivity index (χ1n) is 5.79. The molecule has 6 heteroatoms. The maximum Gasteiger partial charge on any atom is 0.411 e. The minimum Gasteiger partial charge on any atom is -0.450 e. The summed E-state index contributed by atoms with van der Waals surface area (Å²) in [5.74, 6) is 0. The van der Waals surface area contributed by atoms with E-state index < -0.39 is 11.7 Å². The molecule has 1 heterocycles. The summed E-state index contributed by atoms with van der Waals surface area (Å²) < 4.78 is 9.85. The van der Waals surface area contributed by atoms with Crippen molar-refractivity contribution in [1.82, 2.24) is 0 Å². The zero-order valence-corrected chi connectivity index (χ0v) is 10.6. The summed E-state index contributed by atoms with van der Waals surface area (Å²) in [5, 5.41) is 3.22. The van der Waals surface area contributed by atoms with Crippen LogP contribution in [0.2, 0.25) is 0 Å². The predicted molar refractivity (Wildman–Crippen MR) is 72.3 cm³/mol. The van der Waals surface area contributed by atoms with E-state index in [1.807, 2.05) is 0 Å². The van der Waals surface area contributed by atoms with Gasteiger partial charge in [-0.25, -0.2) is 9.59 Å². The molecule has 0 aliphatic heterocycles. The van der Waals surface area contributed by atoms with Crippen LogP contribution < -0.4 is 16.7 Å². The quantitative estimate of drug-likeness (QED) is 0.639. The van der Waals surface area contributed by atoms with Crippen molar-refractivity contribution in [2.24, 2.45) is 0 Å². The van der Waals surface area contributed by atoms with E-state index in [4.69, 9.17) is 14.9 Å². The standard InChI is InChI=1S/C13H14N2O4/c1-3-18-13(17)15-9-5-4-8-7(2)6-10(16)19-12(8)11(9)14/h4-6H,3,14H2,1-2H3,(H,15,17). The Morgan fingerprint density at radius 3 is 2.89 bits per heavy atom. The summed E-state index contributed by atoms with van der Waals surface area (Å²) in [5.41, 5.74) is 6.99. The van der Waals surface area contributed by atoms with Crippen LogP contribution in [0.25, 0.3) is 11.0 Å². The molecular weight excluding hydrogens is 248 g/mol. The van der Waals surface area contributed by atoms with Crippen LogP contribution in [0.5, 0.6) is 0 Å². The van der Waals surface area contributed by atoms with E-state index in [9.17, 15) is 9.59 Å². The Kier molecular flexibility index (Phi) is 3.41. The largest absolute Gasteiger partial charge is 0.450 e. The molecule has 0 aliphatic carbocycles. The fourth-order valence-electron chi connectivity index (χ4n) is 1.79. The number of anilines is 2. The first-order valence-corrected chi connectivity index (χ1v) is 5.79. The number of carbonyl (C=O) groups excluding carboxylic acids is 1. The van der Waals surface area contributed by atoms with Gasteiger partial charge in [-0.2, -0.15) is 0 Å². The molecule has 0 spiro atoms. The van der Waals surface area contributed by atoms with E-state index in [0.717, 1.165) is 10.9 Å². The highest BCUT2D eigenvalue weighted by atomic mass is 16.5. The smallest absolute Gasteiger partial charge is 0.411 e. The number of aryl methyl sites for hydroxylation is 1. The summed E-state index contributed by atoms with van der Waals surface area (Å²) in [6, 6.07) is 4.76. The average molecular weight is 262 g/mol. The van der Waals surface area contributed by atoms with Crippen LogP contribution in [-0.4, -0.2) is 12.7 Å². The normalized spacial score (nSPS) is 10.4. The molecule has 0 aliphatic rings. The van der Waals surface area contributed by atoms with E-state index in [-0.39, 0.29) is 17.9 Å². The van der Waals surface area contributed by atoms with E-state index in [0.29, 0.717) is 5.69 Å². The Morgan fingerprint density at radius 2 is 2.21 bits per heavy atom. The van der Waals surface area contributed by atoms with Crippen molar-refractivity contribution in [3.8, 4) is 0 Å². The number of nitrogens with two attached hydrogens (primary N) is 1. The van der Waals surface area contributed by atoms with Crippen LogP contribution in [0.15, 0.2) is 27.4 Å².